The van der Waals surface area contributed by atoms with E-state index in [1.54, 1.807) is 25.1 Å². The number of fused-ring (bicyclic) bond motifs is 3. The Morgan fingerprint density at radius 2 is 2.05 bits per heavy atom. The van der Waals surface area contributed by atoms with E-state index in [1.807, 2.05) is 0 Å². The zero-order valence-electron chi connectivity index (χ0n) is 10.9. The molecule has 0 fully saturated rings. The molecule has 102 valence electrons. The molecule has 0 aliphatic carbocycles. The molecule has 0 unspecified atom stereocenters. The predicted octanol–water partition coefficient (Wildman–Crippen LogP) is 3.11. The van der Waals surface area contributed by atoms with Crippen LogP contribution in [0.5, 0.6) is 11.5 Å². The van der Waals surface area contributed by atoms with Crippen LogP contribution in [0.15, 0.2) is 33.5 Å². The zero-order valence-corrected chi connectivity index (χ0v) is 10.9. The molecule has 0 amide bonds. The molecule has 0 saturated carbocycles. The third-order valence-corrected chi connectivity index (χ3v) is 3.31. The molecule has 5 heteroatoms. The minimum Gasteiger partial charge on any atom is -0.504 e. The highest BCUT2D eigenvalue weighted by atomic mass is 19.1. The number of aromatic hydroxyl groups is 1. The second kappa shape index (κ2) is 4.23. The van der Waals surface area contributed by atoms with E-state index in [0.717, 1.165) is 6.07 Å². The Hall–Kier alpha value is -2.56. The molecule has 2 aromatic carbocycles. The highest BCUT2D eigenvalue weighted by Crippen LogP contribution is 2.38. The molecule has 20 heavy (non-hydrogen) atoms. The molecular formula is C15H11FO4. The van der Waals surface area contributed by atoms with Crippen molar-refractivity contribution in [1.29, 1.82) is 0 Å². The largest absolute Gasteiger partial charge is 0.504 e. The van der Waals surface area contributed by atoms with Gasteiger partial charge in [-0.3, -0.25) is 0 Å². The van der Waals surface area contributed by atoms with Gasteiger partial charge in [0.25, 0.3) is 0 Å². The maximum absolute atomic E-state index is 14.2. The van der Waals surface area contributed by atoms with Gasteiger partial charge in [-0.1, -0.05) is 18.2 Å². The highest BCUT2D eigenvalue weighted by Gasteiger charge is 2.19. The van der Waals surface area contributed by atoms with E-state index < -0.39 is 17.2 Å². The fourth-order valence-electron chi connectivity index (χ4n) is 2.43. The first-order valence-corrected chi connectivity index (χ1v) is 5.96. The van der Waals surface area contributed by atoms with Crippen LogP contribution in [0.1, 0.15) is 5.56 Å². The maximum atomic E-state index is 14.2. The lowest BCUT2D eigenvalue weighted by Gasteiger charge is -2.10. The molecule has 3 aromatic rings. The van der Waals surface area contributed by atoms with Gasteiger partial charge in [-0.05, 0) is 12.5 Å². The van der Waals surface area contributed by atoms with E-state index in [9.17, 15) is 14.3 Å². The first-order chi connectivity index (χ1) is 9.54. The number of methoxy groups -OCH3 is 1. The molecular weight excluding hydrogens is 263 g/mol. The summed E-state index contributed by atoms with van der Waals surface area (Å²) in [6, 6.07) is 6.07. The summed E-state index contributed by atoms with van der Waals surface area (Å²) in [7, 11) is 1.31. The minimum atomic E-state index is -0.669. The highest BCUT2D eigenvalue weighted by molar-refractivity contribution is 6.07. The summed E-state index contributed by atoms with van der Waals surface area (Å²) in [6.45, 7) is 1.75. The Balaban J connectivity index is 2.69. The lowest BCUT2D eigenvalue weighted by molar-refractivity contribution is 0.367. The first-order valence-electron chi connectivity index (χ1n) is 5.96. The van der Waals surface area contributed by atoms with Crippen LogP contribution >= 0.6 is 0 Å². The quantitative estimate of drug-likeness (QED) is 0.547. The SMILES string of the molecule is COc1c(O)cc(F)c2c1oc(=O)c1c(C)cccc12. The van der Waals surface area contributed by atoms with Gasteiger partial charge in [0.1, 0.15) is 5.82 Å². The Morgan fingerprint density at radius 1 is 1.30 bits per heavy atom. The summed E-state index contributed by atoms with van der Waals surface area (Å²) >= 11 is 0. The summed E-state index contributed by atoms with van der Waals surface area (Å²) in [5.41, 5.74) is 0.0200. The van der Waals surface area contributed by atoms with Crippen molar-refractivity contribution in [3.05, 3.63) is 46.1 Å². The van der Waals surface area contributed by atoms with Crippen molar-refractivity contribution < 1.29 is 18.7 Å². The number of ether oxygens (including phenoxy) is 1. The first kappa shape index (κ1) is 12.5. The third kappa shape index (κ3) is 1.56. The standard InChI is InChI=1S/C15H11FO4/c1-7-4-3-5-8-11(7)15(18)20-14-12(8)9(16)6-10(17)13(14)19-2/h3-6,17H,1-2H3. The molecule has 0 spiro atoms. The lowest BCUT2D eigenvalue weighted by Crippen LogP contribution is -2.03. The average Bonchev–Trinajstić information content (AvgIpc) is 2.38. The van der Waals surface area contributed by atoms with E-state index >= 15 is 0 Å². The lowest BCUT2D eigenvalue weighted by atomic mass is 10.0. The molecule has 3 rings (SSSR count). The van der Waals surface area contributed by atoms with Gasteiger partial charge >= 0.3 is 5.63 Å². The summed E-state index contributed by atoms with van der Waals surface area (Å²) < 4.78 is 24.3. The Bertz CT molecular complexity index is 896. The van der Waals surface area contributed by atoms with E-state index in [1.165, 1.54) is 7.11 Å². The van der Waals surface area contributed by atoms with Crippen LogP contribution in [-0.4, -0.2) is 12.2 Å². The molecule has 1 aromatic heterocycles. The smallest absolute Gasteiger partial charge is 0.344 e. The Kier molecular flexibility index (Phi) is 2.64. The summed E-state index contributed by atoms with van der Waals surface area (Å²) in [5, 5.41) is 10.6. The molecule has 0 radical (unpaired) electrons. The van der Waals surface area contributed by atoms with Crippen LogP contribution in [0.4, 0.5) is 4.39 Å². The molecule has 0 aliphatic rings. The Labute approximate surface area is 113 Å². The van der Waals surface area contributed by atoms with Crippen LogP contribution in [0.2, 0.25) is 0 Å². The topological polar surface area (TPSA) is 59.7 Å². The van der Waals surface area contributed by atoms with Crippen LogP contribution in [0.3, 0.4) is 0 Å². The number of phenols is 1. The maximum Gasteiger partial charge on any atom is 0.344 e. The number of phenolic OH excluding ortho intramolecular Hbond substituents is 1. The predicted molar refractivity (Wildman–Crippen MR) is 72.9 cm³/mol. The van der Waals surface area contributed by atoms with Crippen molar-refractivity contribution in [3.8, 4) is 11.5 Å². The van der Waals surface area contributed by atoms with Gasteiger partial charge in [-0.25, -0.2) is 9.18 Å². The molecule has 0 bridgehead atoms. The van der Waals surface area contributed by atoms with Gasteiger partial charge in [0.2, 0.25) is 5.75 Å². The number of rotatable bonds is 1. The van der Waals surface area contributed by atoms with E-state index in [2.05, 4.69) is 0 Å². The van der Waals surface area contributed by atoms with Crippen molar-refractivity contribution in [2.45, 2.75) is 6.92 Å². The molecule has 0 aliphatic heterocycles. The van der Waals surface area contributed by atoms with Crippen LogP contribution < -0.4 is 10.4 Å². The number of aryl methyl sites for hydroxylation is 1. The second-order valence-electron chi connectivity index (χ2n) is 4.50. The minimum absolute atomic E-state index is 0.0538. The molecule has 0 atom stereocenters. The molecule has 0 saturated heterocycles. The summed E-state index contributed by atoms with van der Waals surface area (Å²) in [4.78, 5) is 12.1. The molecule has 4 nitrogen and oxygen atoms in total. The van der Waals surface area contributed by atoms with Crippen LogP contribution in [0.25, 0.3) is 21.7 Å². The van der Waals surface area contributed by atoms with E-state index in [-0.39, 0.29) is 16.7 Å². The third-order valence-electron chi connectivity index (χ3n) is 3.31. The van der Waals surface area contributed by atoms with Gasteiger partial charge in [0.15, 0.2) is 11.3 Å². The van der Waals surface area contributed by atoms with Crippen molar-refractivity contribution >= 4 is 21.7 Å². The zero-order chi connectivity index (χ0) is 14.4. The van der Waals surface area contributed by atoms with Crippen molar-refractivity contribution in [2.24, 2.45) is 0 Å². The number of halogens is 1. The van der Waals surface area contributed by atoms with Crippen LogP contribution in [-0.2, 0) is 0 Å². The fraction of sp³-hybridized carbons (Fsp3) is 0.133. The molecule has 1 heterocycles. The van der Waals surface area contributed by atoms with Gasteiger partial charge < -0.3 is 14.3 Å². The summed E-state index contributed by atoms with van der Waals surface area (Å²) in [5.74, 6) is -1.13. The number of hydrogen-bond donors (Lipinski definition) is 1. The van der Waals surface area contributed by atoms with Gasteiger partial charge in [-0.2, -0.15) is 0 Å². The van der Waals surface area contributed by atoms with Gasteiger partial charge in [0, 0.05) is 11.5 Å². The fourth-order valence-corrected chi connectivity index (χ4v) is 2.43. The number of hydrogen-bond acceptors (Lipinski definition) is 4. The van der Waals surface area contributed by atoms with Crippen LogP contribution in [0, 0.1) is 12.7 Å². The van der Waals surface area contributed by atoms with E-state index in [4.69, 9.17) is 9.15 Å². The van der Waals surface area contributed by atoms with Crippen molar-refractivity contribution in [3.63, 3.8) is 0 Å². The van der Waals surface area contributed by atoms with Crippen molar-refractivity contribution in [1.82, 2.24) is 0 Å². The molecule has 1 N–H and O–H groups in total. The second-order valence-corrected chi connectivity index (χ2v) is 4.50. The normalized spacial score (nSPS) is 11.2. The number of benzene rings is 2. The van der Waals surface area contributed by atoms with Crippen molar-refractivity contribution in [2.75, 3.05) is 7.11 Å². The average molecular weight is 274 g/mol. The van der Waals surface area contributed by atoms with E-state index in [0.29, 0.717) is 16.3 Å². The Morgan fingerprint density at radius 3 is 2.75 bits per heavy atom. The monoisotopic (exact) mass is 274 g/mol. The summed E-state index contributed by atoms with van der Waals surface area (Å²) in [6.07, 6.45) is 0. The van der Waals surface area contributed by atoms with Gasteiger partial charge in [-0.15, -0.1) is 0 Å². The van der Waals surface area contributed by atoms with Gasteiger partial charge in [0.05, 0.1) is 17.9 Å².